The fourth-order valence-electron chi connectivity index (χ4n) is 3.00. The maximum absolute atomic E-state index is 12.6. The van der Waals surface area contributed by atoms with E-state index in [-0.39, 0.29) is 17.4 Å². The molecule has 0 unspecified atom stereocenters. The molecule has 2 aliphatic rings. The molecule has 0 N–H and O–H groups in total. The zero-order valence-electron chi connectivity index (χ0n) is 16.3. The van der Waals surface area contributed by atoms with Gasteiger partial charge in [0.1, 0.15) is 12.3 Å². The van der Waals surface area contributed by atoms with E-state index in [0.717, 1.165) is 21.6 Å². The van der Waals surface area contributed by atoms with Crippen molar-refractivity contribution in [2.24, 2.45) is 0 Å². The van der Waals surface area contributed by atoms with Crippen molar-refractivity contribution in [3.63, 3.8) is 0 Å². The van der Waals surface area contributed by atoms with Crippen molar-refractivity contribution >= 4 is 46.7 Å². The van der Waals surface area contributed by atoms with Crippen molar-refractivity contribution in [3.05, 3.63) is 52.6 Å². The summed E-state index contributed by atoms with van der Waals surface area (Å²) in [6, 6.07) is 11.7. The molecule has 0 radical (unpaired) electrons. The van der Waals surface area contributed by atoms with Crippen molar-refractivity contribution in [1.82, 2.24) is 9.80 Å². The Labute approximate surface area is 182 Å². The highest BCUT2D eigenvalue weighted by molar-refractivity contribution is 8.18. The molecule has 156 valence electrons. The molecule has 3 heterocycles. The Hall–Kier alpha value is -2.49. The van der Waals surface area contributed by atoms with Crippen LogP contribution >= 0.6 is 23.5 Å². The van der Waals surface area contributed by atoms with Crippen LogP contribution in [-0.2, 0) is 14.3 Å². The van der Waals surface area contributed by atoms with E-state index in [1.54, 1.807) is 17.0 Å². The first-order valence-electron chi connectivity index (χ1n) is 9.45. The average molecular weight is 445 g/mol. The Kier molecular flexibility index (Phi) is 6.31. The van der Waals surface area contributed by atoms with Crippen molar-refractivity contribution in [3.8, 4) is 0 Å². The number of benzene rings is 1. The van der Waals surface area contributed by atoms with Crippen LogP contribution in [0.5, 0.6) is 0 Å². The minimum atomic E-state index is -0.476. The van der Waals surface area contributed by atoms with Crippen LogP contribution in [0.25, 0.3) is 6.08 Å². The molecule has 2 fully saturated rings. The Morgan fingerprint density at radius 2 is 1.87 bits per heavy atom. The highest BCUT2D eigenvalue weighted by Gasteiger charge is 2.37. The zero-order chi connectivity index (χ0) is 21.1. The van der Waals surface area contributed by atoms with Gasteiger partial charge in [0.15, 0.2) is 5.09 Å². The van der Waals surface area contributed by atoms with Crippen LogP contribution in [0, 0.1) is 6.92 Å². The number of amides is 3. The topological polar surface area (TPSA) is 80.1 Å². The average Bonchev–Trinajstić information content (AvgIpc) is 3.29. The Balaban J connectivity index is 1.41. The van der Waals surface area contributed by atoms with Gasteiger partial charge in [-0.2, -0.15) is 0 Å². The number of nitrogens with zero attached hydrogens (tertiary/aromatic N) is 2. The lowest BCUT2D eigenvalue weighted by molar-refractivity contribution is -0.139. The number of carbonyl (C=O) groups is 3. The molecule has 1 aromatic carbocycles. The number of carbonyl (C=O) groups excluding carboxylic acids is 3. The van der Waals surface area contributed by atoms with Crippen molar-refractivity contribution in [1.29, 1.82) is 0 Å². The standard InChI is InChI=1S/C21H20N2O5S2/c1-14-2-5-16(6-3-14)29-19-7-4-15(28-19)12-17-20(25)23(21(26)30-17)13-18(24)22-8-10-27-11-9-22/h2-7,12H,8-11,13H2,1H3/b17-12-. The van der Waals surface area contributed by atoms with E-state index in [1.807, 2.05) is 37.3 Å². The van der Waals surface area contributed by atoms with Gasteiger partial charge in [0.05, 0.1) is 18.1 Å². The summed E-state index contributed by atoms with van der Waals surface area (Å²) in [5.74, 6) is -0.248. The lowest BCUT2D eigenvalue weighted by atomic mass is 10.2. The van der Waals surface area contributed by atoms with Crippen LogP contribution in [0.15, 0.2) is 55.7 Å². The SMILES string of the molecule is Cc1ccc(Sc2ccc(/C=C3\SC(=O)N(CC(=O)N4CCOCC4)C3=O)o2)cc1. The van der Waals surface area contributed by atoms with Crippen molar-refractivity contribution in [2.75, 3.05) is 32.8 Å². The fraction of sp³-hybridized carbons (Fsp3) is 0.286. The van der Waals surface area contributed by atoms with Gasteiger partial charge in [0, 0.05) is 24.1 Å². The third kappa shape index (κ3) is 4.80. The van der Waals surface area contributed by atoms with Crippen LogP contribution in [0.3, 0.4) is 0 Å². The quantitative estimate of drug-likeness (QED) is 0.652. The molecule has 0 saturated carbocycles. The fourth-order valence-corrected chi connectivity index (χ4v) is 4.60. The number of ether oxygens (including phenoxy) is 1. The van der Waals surface area contributed by atoms with E-state index in [0.29, 0.717) is 37.2 Å². The van der Waals surface area contributed by atoms with E-state index < -0.39 is 11.1 Å². The molecule has 9 heteroatoms. The molecule has 2 aliphatic heterocycles. The minimum Gasteiger partial charge on any atom is -0.450 e. The lowest BCUT2D eigenvalue weighted by Crippen LogP contribution is -2.46. The molecule has 30 heavy (non-hydrogen) atoms. The highest BCUT2D eigenvalue weighted by atomic mass is 32.2. The minimum absolute atomic E-state index is 0.246. The summed E-state index contributed by atoms with van der Waals surface area (Å²) in [6.45, 7) is 3.65. The number of furan rings is 1. The van der Waals surface area contributed by atoms with Crippen molar-refractivity contribution < 1.29 is 23.5 Å². The molecular weight excluding hydrogens is 424 g/mol. The number of hydrogen-bond donors (Lipinski definition) is 0. The number of rotatable bonds is 5. The molecule has 0 atom stereocenters. The summed E-state index contributed by atoms with van der Waals surface area (Å²) in [5, 5.41) is 0.237. The van der Waals surface area contributed by atoms with Crippen LogP contribution in [-0.4, -0.2) is 59.7 Å². The van der Waals surface area contributed by atoms with Gasteiger partial charge in [-0.3, -0.25) is 19.3 Å². The van der Waals surface area contributed by atoms with E-state index >= 15 is 0 Å². The van der Waals surface area contributed by atoms with Crippen LogP contribution in [0.1, 0.15) is 11.3 Å². The second-order valence-corrected chi connectivity index (χ2v) is 8.90. The zero-order valence-corrected chi connectivity index (χ0v) is 18.0. The predicted octanol–water partition coefficient (Wildman–Crippen LogP) is 3.63. The Morgan fingerprint density at radius 3 is 2.60 bits per heavy atom. The summed E-state index contributed by atoms with van der Waals surface area (Å²) < 4.78 is 11.0. The van der Waals surface area contributed by atoms with Gasteiger partial charge in [0.25, 0.3) is 11.1 Å². The van der Waals surface area contributed by atoms with E-state index in [1.165, 1.54) is 17.3 Å². The number of morpholine rings is 1. The molecule has 0 bridgehead atoms. The van der Waals surface area contributed by atoms with E-state index in [9.17, 15) is 14.4 Å². The number of imide groups is 1. The van der Waals surface area contributed by atoms with Gasteiger partial charge < -0.3 is 14.1 Å². The van der Waals surface area contributed by atoms with Crippen molar-refractivity contribution in [2.45, 2.75) is 16.9 Å². The first kappa shape index (κ1) is 20.8. The summed E-state index contributed by atoms with van der Waals surface area (Å²) >= 11 is 2.29. The second-order valence-electron chi connectivity index (χ2n) is 6.83. The van der Waals surface area contributed by atoms with Crippen LogP contribution < -0.4 is 0 Å². The lowest BCUT2D eigenvalue weighted by Gasteiger charge is -2.27. The van der Waals surface area contributed by atoms with Gasteiger partial charge in [-0.1, -0.05) is 29.5 Å². The Bertz CT molecular complexity index is 993. The van der Waals surface area contributed by atoms with Gasteiger partial charge in [0.2, 0.25) is 5.91 Å². The molecule has 7 nitrogen and oxygen atoms in total. The smallest absolute Gasteiger partial charge is 0.294 e. The van der Waals surface area contributed by atoms with Gasteiger partial charge in [-0.05, 0) is 43.0 Å². The monoisotopic (exact) mass is 444 g/mol. The maximum atomic E-state index is 12.6. The first-order valence-corrected chi connectivity index (χ1v) is 11.1. The third-order valence-corrected chi connectivity index (χ3v) is 6.48. The highest BCUT2D eigenvalue weighted by Crippen LogP contribution is 2.34. The number of aryl methyl sites for hydroxylation is 1. The number of hydrogen-bond acceptors (Lipinski definition) is 7. The largest absolute Gasteiger partial charge is 0.450 e. The summed E-state index contributed by atoms with van der Waals surface area (Å²) in [7, 11) is 0. The van der Waals surface area contributed by atoms with Gasteiger partial charge in [-0.25, -0.2) is 0 Å². The Morgan fingerprint density at radius 1 is 1.13 bits per heavy atom. The predicted molar refractivity (Wildman–Crippen MR) is 114 cm³/mol. The third-order valence-electron chi connectivity index (χ3n) is 4.65. The molecule has 3 amide bonds. The molecule has 0 spiro atoms. The first-order chi connectivity index (χ1) is 14.5. The molecule has 2 aromatic rings. The van der Waals surface area contributed by atoms with Crippen LogP contribution in [0.2, 0.25) is 0 Å². The molecule has 4 rings (SSSR count). The van der Waals surface area contributed by atoms with E-state index in [4.69, 9.17) is 9.15 Å². The molecule has 0 aliphatic carbocycles. The normalized spacial score (nSPS) is 18.5. The summed E-state index contributed by atoms with van der Waals surface area (Å²) in [6.07, 6.45) is 1.54. The number of thioether (sulfide) groups is 1. The molecule has 1 aromatic heterocycles. The summed E-state index contributed by atoms with van der Waals surface area (Å²) in [4.78, 5) is 41.2. The summed E-state index contributed by atoms with van der Waals surface area (Å²) in [5.41, 5.74) is 1.18. The van der Waals surface area contributed by atoms with Crippen LogP contribution in [0.4, 0.5) is 4.79 Å². The molecular formula is C21H20N2O5S2. The van der Waals surface area contributed by atoms with E-state index in [2.05, 4.69) is 0 Å². The van der Waals surface area contributed by atoms with Gasteiger partial charge >= 0.3 is 0 Å². The second kappa shape index (κ2) is 9.11. The van der Waals surface area contributed by atoms with Gasteiger partial charge in [-0.15, -0.1) is 0 Å². The molecule has 2 saturated heterocycles. The maximum Gasteiger partial charge on any atom is 0.294 e.